The van der Waals surface area contributed by atoms with E-state index in [0.29, 0.717) is 0 Å². The van der Waals surface area contributed by atoms with Crippen molar-refractivity contribution >= 4 is 22.7 Å². The molecule has 2 aromatic rings. The van der Waals surface area contributed by atoms with Crippen molar-refractivity contribution in [3.63, 3.8) is 0 Å². The van der Waals surface area contributed by atoms with Gasteiger partial charge in [-0.05, 0) is 48.4 Å². The van der Waals surface area contributed by atoms with Gasteiger partial charge >= 0.3 is 11.9 Å². The molecule has 0 heterocycles. The van der Waals surface area contributed by atoms with Gasteiger partial charge in [0, 0.05) is 12.0 Å². The summed E-state index contributed by atoms with van der Waals surface area (Å²) in [4.78, 5) is 24.8. The molecular formula is C23H22O4. The average molecular weight is 362 g/mol. The maximum absolute atomic E-state index is 12.4. The summed E-state index contributed by atoms with van der Waals surface area (Å²) in [6, 6.07) is 13.8. The summed E-state index contributed by atoms with van der Waals surface area (Å²) < 4.78 is 9.69. The summed E-state index contributed by atoms with van der Waals surface area (Å²) in [6.45, 7) is 3.63. The number of carbonyl (C=O) groups excluding carboxylic acids is 2. The van der Waals surface area contributed by atoms with Crippen LogP contribution in [0.4, 0.5) is 0 Å². The first-order valence-corrected chi connectivity index (χ1v) is 8.48. The van der Waals surface area contributed by atoms with Crippen LogP contribution in [0.25, 0.3) is 10.8 Å². The van der Waals surface area contributed by atoms with E-state index in [2.05, 4.69) is 17.6 Å². The first-order valence-electron chi connectivity index (χ1n) is 8.48. The Morgan fingerprint density at radius 1 is 1.00 bits per heavy atom. The van der Waals surface area contributed by atoms with Crippen LogP contribution in [0.1, 0.15) is 25.8 Å². The van der Waals surface area contributed by atoms with Gasteiger partial charge in [0.25, 0.3) is 0 Å². The van der Waals surface area contributed by atoms with Crippen molar-refractivity contribution in [2.24, 2.45) is 5.41 Å². The lowest BCUT2D eigenvalue weighted by Gasteiger charge is -2.21. The Labute approximate surface area is 159 Å². The van der Waals surface area contributed by atoms with Crippen LogP contribution in [0.2, 0.25) is 0 Å². The van der Waals surface area contributed by atoms with E-state index in [0.717, 1.165) is 21.9 Å². The van der Waals surface area contributed by atoms with Gasteiger partial charge in [-0.25, -0.2) is 0 Å². The van der Waals surface area contributed by atoms with Crippen LogP contribution in [0.5, 0.6) is 0 Å². The molecule has 27 heavy (non-hydrogen) atoms. The van der Waals surface area contributed by atoms with Gasteiger partial charge < -0.3 is 9.47 Å². The summed E-state index contributed by atoms with van der Waals surface area (Å²) in [6.07, 6.45) is 1.31. The molecule has 2 aromatic carbocycles. The van der Waals surface area contributed by atoms with Crippen molar-refractivity contribution in [1.82, 2.24) is 0 Å². The van der Waals surface area contributed by atoms with E-state index in [9.17, 15) is 9.59 Å². The van der Waals surface area contributed by atoms with E-state index < -0.39 is 17.4 Å². The van der Waals surface area contributed by atoms with Gasteiger partial charge in [-0.1, -0.05) is 42.2 Å². The third-order valence-electron chi connectivity index (χ3n) is 4.06. The van der Waals surface area contributed by atoms with Gasteiger partial charge in [0.15, 0.2) is 0 Å². The highest BCUT2D eigenvalue weighted by Gasteiger charge is 2.46. The van der Waals surface area contributed by atoms with Crippen molar-refractivity contribution in [2.75, 3.05) is 14.2 Å². The highest BCUT2D eigenvalue weighted by atomic mass is 16.5. The minimum Gasteiger partial charge on any atom is -0.468 e. The predicted molar refractivity (Wildman–Crippen MR) is 105 cm³/mol. The minimum atomic E-state index is -1.65. The molecule has 4 heteroatoms. The number of fused-ring (bicyclic) bond motifs is 1. The third-order valence-corrected chi connectivity index (χ3v) is 4.06. The van der Waals surface area contributed by atoms with Crippen LogP contribution in [-0.4, -0.2) is 26.2 Å². The quantitative estimate of drug-likeness (QED) is 0.357. The first-order chi connectivity index (χ1) is 12.9. The molecule has 0 aliphatic heterocycles. The van der Waals surface area contributed by atoms with Crippen molar-refractivity contribution in [1.29, 1.82) is 0 Å². The SMILES string of the molecule is COC(=O)C(C=C=C(C)C)(CC#Cc1ccc2ccccc2c1)C(=O)OC. The molecular weight excluding hydrogens is 340 g/mol. The zero-order chi connectivity index (χ0) is 19.9. The largest absolute Gasteiger partial charge is 0.468 e. The maximum Gasteiger partial charge on any atom is 0.328 e. The Bertz CT molecular complexity index is 962. The molecule has 0 spiro atoms. The summed E-state index contributed by atoms with van der Waals surface area (Å²) in [5.74, 6) is 4.49. The smallest absolute Gasteiger partial charge is 0.328 e. The van der Waals surface area contributed by atoms with Crippen LogP contribution in [0.15, 0.2) is 59.8 Å². The van der Waals surface area contributed by atoms with E-state index >= 15 is 0 Å². The summed E-state index contributed by atoms with van der Waals surface area (Å²) in [5, 5.41) is 2.19. The van der Waals surface area contributed by atoms with E-state index in [-0.39, 0.29) is 6.42 Å². The summed E-state index contributed by atoms with van der Waals surface area (Å²) in [5.41, 5.74) is 2.87. The molecule has 0 aliphatic rings. The van der Waals surface area contributed by atoms with Crippen LogP contribution < -0.4 is 0 Å². The molecule has 138 valence electrons. The lowest BCUT2D eigenvalue weighted by Crippen LogP contribution is -2.39. The zero-order valence-electron chi connectivity index (χ0n) is 16.0. The molecule has 2 rings (SSSR count). The monoisotopic (exact) mass is 362 g/mol. The molecule has 0 radical (unpaired) electrons. The fourth-order valence-corrected chi connectivity index (χ4v) is 2.58. The number of benzene rings is 2. The fraction of sp³-hybridized carbons (Fsp3) is 0.261. The summed E-state index contributed by atoms with van der Waals surface area (Å²) >= 11 is 0. The molecule has 0 atom stereocenters. The standard InChI is InChI=1S/C23H22O4/c1-17(2)13-15-23(21(24)26-3,22(25)27-4)14-7-8-18-11-12-19-9-5-6-10-20(19)16-18/h5-6,9-12,15-16H,14H2,1-4H3. The fourth-order valence-electron chi connectivity index (χ4n) is 2.58. The Morgan fingerprint density at radius 3 is 2.22 bits per heavy atom. The molecule has 0 N–H and O–H groups in total. The number of rotatable bonds is 4. The molecule has 0 fully saturated rings. The Morgan fingerprint density at radius 2 is 1.63 bits per heavy atom. The van der Waals surface area contributed by atoms with Crippen molar-refractivity contribution in [3.05, 3.63) is 65.4 Å². The predicted octanol–water partition coefficient (Wildman–Crippen LogP) is 4.04. The minimum absolute atomic E-state index is 0.0700. The van der Waals surface area contributed by atoms with Gasteiger partial charge in [0.1, 0.15) is 0 Å². The second-order valence-corrected chi connectivity index (χ2v) is 6.28. The van der Waals surface area contributed by atoms with E-state index in [1.807, 2.05) is 56.3 Å². The molecule has 0 bridgehead atoms. The lowest BCUT2D eigenvalue weighted by molar-refractivity contribution is -0.164. The lowest BCUT2D eigenvalue weighted by atomic mass is 9.84. The van der Waals surface area contributed by atoms with Gasteiger partial charge in [-0.15, -0.1) is 5.73 Å². The topological polar surface area (TPSA) is 52.6 Å². The van der Waals surface area contributed by atoms with Gasteiger partial charge in [-0.3, -0.25) is 9.59 Å². The number of esters is 2. The molecule has 0 aromatic heterocycles. The van der Waals surface area contributed by atoms with Gasteiger partial charge in [0.05, 0.1) is 14.2 Å². The highest BCUT2D eigenvalue weighted by Crippen LogP contribution is 2.28. The van der Waals surface area contributed by atoms with Crippen LogP contribution in [0, 0.1) is 17.3 Å². The van der Waals surface area contributed by atoms with E-state index in [1.165, 1.54) is 20.3 Å². The number of methoxy groups -OCH3 is 2. The molecule has 0 amide bonds. The average Bonchev–Trinajstić information content (AvgIpc) is 2.69. The second kappa shape index (κ2) is 8.89. The maximum atomic E-state index is 12.4. The second-order valence-electron chi connectivity index (χ2n) is 6.28. The van der Waals surface area contributed by atoms with Crippen LogP contribution in [0.3, 0.4) is 0 Å². The van der Waals surface area contributed by atoms with E-state index in [1.54, 1.807) is 0 Å². The van der Waals surface area contributed by atoms with Crippen LogP contribution in [-0.2, 0) is 19.1 Å². The number of hydrogen-bond donors (Lipinski definition) is 0. The Hall–Kier alpha value is -3.28. The van der Waals surface area contributed by atoms with Gasteiger partial charge in [-0.2, -0.15) is 0 Å². The van der Waals surface area contributed by atoms with Crippen molar-refractivity contribution in [3.8, 4) is 11.8 Å². The van der Waals surface area contributed by atoms with Gasteiger partial charge in [0.2, 0.25) is 5.41 Å². The Balaban J connectivity index is 2.43. The number of carbonyl (C=O) groups is 2. The summed E-state index contributed by atoms with van der Waals surface area (Å²) in [7, 11) is 2.46. The molecule has 4 nitrogen and oxygen atoms in total. The Kier molecular flexibility index (Phi) is 6.60. The first kappa shape index (κ1) is 20.0. The third kappa shape index (κ3) is 4.67. The normalized spacial score (nSPS) is 10.2. The zero-order valence-corrected chi connectivity index (χ0v) is 16.0. The van der Waals surface area contributed by atoms with Crippen LogP contribution >= 0.6 is 0 Å². The number of ether oxygens (including phenoxy) is 2. The van der Waals surface area contributed by atoms with Crippen molar-refractivity contribution in [2.45, 2.75) is 20.3 Å². The molecule has 0 saturated carbocycles. The number of hydrogen-bond acceptors (Lipinski definition) is 4. The molecule has 0 saturated heterocycles. The van der Waals surface area contributed by atoms with Crippen molar-refractivity contribution < 1.29 is 19.1 Å². The molecule has 0 unspecified atom stereocenters. The molecule has 0 aliphatic carbocycles. The van der Waals surface area contributed by atoms with E-state index in [4.69, 9.17) is 9.47 Å². The highest BCUT2D eigenvalue weighted by molar-refractivity contribution is 6.02.